The van der Waals surface area contributed by atoms with E-state index < -0.39 is 5.97 Å². The third kappa shape index (κ3) is 25.6. The average Bonchev–Trinajstić information content (AvgIpc) is 1.73. The molecule has 0 aliphatic heterocycles. The van der Waals surface area contributed by atoms with E-state index in [1.165, 1.54) is 0 Å². The van der Waals surface area contributed by atoms with Crippen molar-refractivity contribution < 1.29 is 9.90 Å². The maximum atomic E-state index is 9.37. The van der Waals surface area contributed by atoms with E-state index in [4.69, 9.17) is 5.11 Å². The molecule has 2 nitrogen and oxygen atoms in total. The zero-order valence-electron chi connectivity index (χ0n) is 4.51. The van der Waals surface area contributed by atoms with Crippen molar-refractivity contribution in [1.82, 2.24) is 0 Å². The van der Waals surface area contributed by atoms with Crippen LogP contribution in [0.1, 0.15) is 13.3 Å². The Morgan fingerprint density at radius 3 is 1.86 bits per heavy atom. The Morgan fingerprint density at radius 2 is 1.86 bits per heavy atom. The molecule has 0 spiro atoms. The van der Waals surface area contributed by atoms with Gasteiger partial charge in [-0.2, -0.15) is 12.6 Å². The topological polar surface area (TPSA) is 37.3 Å². The lowest BCUT2D eigenvalue weighted by molar-refractivity contribution is -0.136. The van der Waals surface area contributed by atoms with Gasteiger partial charge in [0.2, 0.25) is 0 Å². The SMILES string of the molecule is CCC(=O)O.CS. The van der Waals surface area contributed by atoms with Gasteiger partial charge in [-0.1, -0.05) is 6.92 Å². The van der Waals surface area contributed by atoms with E-state index in [0.717, 1.165) is 0 Å². The molecule has 1 N–H and O–H groups in total. The number of carboxylic acid groups (broad SMARTS) is 1. The number of rotatable bonds is 1. The van der Waals surface area contributed by atoms with E-state index in [0.29, 0.717) is 0 Å². The van der Waals surface area contributed by atoms with Gasteiger partial charge in [-0.05, 0) is 6.26 Å². The summed E-state index contributed by atoms with van der Waals surface area (Å²) in [4.78, 5) is 9.37. The minimum Gasteiger partial charge on any atom is -0.481 e. The first-order chi connectivity index (χ1) is 3.27. The fraction of sp³-hybridized carbons (Fsp3) is 0.750. The van der Waals surface area contributed by atoms with Crippen LogP contribution in [0, 0.1) is 0 Å². The molecular weight excluding hydrogens is 112 g/mol. The third-order valence-corrected chi connectivity index (χ3v) is 0.302. The molecule has 0 aliphatic rings. The molecule has 44 valence electrons. The van der Waals surface area contributed by atoms with Crippen molar-refractivity contribution >= 4 is 18.6 Å². The van der Waals surface area contributed by atoms with Gasteiger partial charge in [-0.25, -0.2) is 0 Å². The van der Waals surface area contributed by atoms with Crippen molar-refractivity contribution in [1.29, 1.82) is 0 Å². The molecule has 0 fully saturated rings. The second-order valence-electron chi connectivity index (χ2n) is 0.747. The Balaban J connectivity index is 0. The summed E-state index contributed by atoms with van der Waals surface area (Å²) in [6, 6.07) is 0. The Morgan fingerprint density at radius 1 is 1.71 bits per heavy atom. The van der Waals surface area contributed by atoms with Gasteiger partial charge in [-0.15, -0.1) is 0 Å². The summed E-state index contributed by atoms with van der Waals surface area (Å²) in [5.74, 6) is -0.745. The van der Waals surface area contributed by atoms with Crippen LogP contribution in [0.2, 0.25) is 0 Å². The zero-order chi connectivity index (χ0) is 6.28. The molecule has 0 aromatic heterocycles. The number of carbonyl (C=O) groups is 1. The molecule has 7 heavy (non-hydrogen) atoms. The van der Waals surface area contributed by atoms with E-state index in [2.05, 4.69) is 12.6 Å². The maximum absolute atomic E-state index is 9.37. The Bertz CT molecular complexity index is 45.0. The largest absolute Gasteiger partial charge is 0.481 e. The first-order valence-electron chi connectivity index (χ1n) is 1.94. The molecule has 0 amide bonds. The van der Waals surface area contributed by atoms with Crippen LogP contribution >= 0.6 is 12.6 Å². The van der Waals surface area contributed by atoms with Gasteiger partial charge >= 0.3 is 5.97 Å². The highest BCUT2D eigenvalue weighted by Crippen LogP contribution is 1.67. The van der Waals surface area contributed by atoms with Crippen molar-refractivity contribution in [3.8, 4) is 0 Å². The molecular formula is C4H10O2S. The standard InChI is InChI=1S/C3H6O2.CH4S/c1-2-3(4)5;1-2/h2H2,1H3,(H,4,5);2H,1H3. The number of aliphatic carboxylic acids is 1. The molecule has 0 rings (SSSR count). The normalized spacial score (nSPS) is 6.14. The molecule has 0 radical (unpaired) electrons. The summed E-state index contributed by atoms with van der Waals surface area (Å²) in [6.07, 6.45) is 1.92. The lowest BCUT2D eigenvalue weighted by Gasteiger charge is -1.71. The van der Waals surface area contributed by atoms with Gasteiger partial charge in [0.1, 0.15) is 0 Å². The van der Waals surface area contributed by atoms with E-state index >= 15 is 0 Å². The van der Waals surface area contributed by atoms with E-state index in [9.17, 15) is 4.79 Å². The van der Waals surface area contributed by atoms with Crippen LogP contribution in [0.5, 0.6) is 0 Å². The number of carboxylic acids is 1. The minimum absolute atomic E-state index is 0.222. The molecule has 0 aromatic rings. The average molecular weight is 122 g/mol. The summed E-state index contributed by atoms with van der Waals surface area (Å²) in [6.45, 7) is 1.60. The van der Waals surface area contributed by atoms with Crippen LogP contribution in [-0.4, -0.2) is 17.3 Å². The van der Waals surface area contributed by atoms with Crippen LogP contribution in [0.25, 0.3) is 0 Å². The molecule has 0 saturated heterocycles. The van der Waals surface area contributed by atoms with Crippen molar-refractivity contribution in [2.45, 2.75) is 13.3 Å². The monoisotopic (exact) mass is 122 g/mol. The molecule has 3 heteroatoms. The van der Waals surface area contributed by atoms with Gasteiger partial charge in [-0.3, -0.25) is 4.79 Å². The fourth-order valence-corrected chi connectivity index (χ4v) is 0. The van der Waals surface area contributed by atoms with Crippen LogP contribution in [0.4, 0.5) is 0 Å². The lowest BCUT2D eigenvalue weighted by Crippen LogP contribution is -1.86. The van der Waals surface area contributed by atoms with Crippen molar-refractivity contribution in [3.05, 3.63) is 0 Å². The Kier molecular flexibility index (Phi) is 13.2. The summed E-state index contributed by atoms with van der Waals surface area (Å²) in [5, 5.41) is 7.72. The summed E-state index contributed by atoms with van der Waals surface area (Å²) < 4.78 is 0. The highest BCUT2D eigenvalue weighted by molar-refractivity contribution is 7.79. The summed E-state index contributed by atoms with van der Waals surface area (Å²) >= 11 is 3.53. The van der Waals surface area contributed by atoms with Crippen molar-refractivity contribution in [3.63, 3.8) is 0 Å². The van der Waals surface area contributed by atoms with E-state index in [1.807, 2.05) is 0 Å². The van der Waals surface area contributed by atoms with Gasteiger partial charge < -0.3 is 5.11 Å². The van der Waals surface area contributed by atoms with Crippen LogP contribution in [-0.2, 0) is 4.79 Å². The second-order valence-corrected chi connectivity index (χ2v) is 0.747. The first-order valence-corrected chi connectivity index (χ1v) is 2.83. The fourth-order valence-electron chi connectivity index (χ4n) is 0. The Hall–Kier alpha value is -0.180. The summed E-state index contributed by atoms with van der Waals surface area (Å²) in [7, 11) is 0. The second kappa shape index (κ2) is 9.27. The van der Waals surface area contributed by atoms with Crippen LogP contribution in [0.15, 0.2) is 0 Å². The molecule has 0 heterocycles. The van der Waals surface area contributed by atoms with E-state index in [1.54, 1.807) is 13.2 Å². The summed E-state index contributed by atoms with van der Waals surface area (Å²) in [5.41, 5.74) is 0. The number of hydrogen-bond donors (Lipinski definition) is 2. The number of hydrogen-bond acceptors (Lipinski definition) is 2. The van der Waals surface area contributed by atoms with Crippen molar-refractivity contribution in [2.24, 2.45) is 0 Å². The molecule has 0 atom stereocenters. The lowest BCUT2D eigenvalue weighted by atomic mass is 10.5. The maximum Gasteiger partial charge on any atom is 0.303 e. The van der Waals surface area contributed by atoms with Crippen molar-refractivity contribution in [2.75, 3.05) is 6.26 Å². The molecule has 0 aromatic carbocycles. The molecule has 0 saturated carbocycles. The van der Waals surface area contributed by atoms with Crippen LogP contribution in [0.3, 0.4) is 0 Å². The van der Waals surface area contributed by atoms with Gasteiger partial charge in [0.25, 0.3) is 0 Å². The molecule has 0 unspecified atom stereocenters. The quantitative estimate of drug-likeness (QED) is 0.510. The smallest absolute Gasteiger partial charge is 0.303 e. The van der Waals surface area contributed by atoms with E-state index in [-0.39, 0.29) is 6.42 Å². The van der Waals surface area contributed by atoms with Gasteiger partial charge in [0.15, 0.2) is 0 Å². The predicted octanol–water partition coefficient (Wildman–Crippen LogP) is 1.03. The highest BCUT2D eigenvalue weighted by Gasteiger charge is 1.80. The third-order valence-electron chi connectivity index (χ3n) is 0.302. The van der Waals surface area contributed by atoms with Gasteiger partial charge in [0, 0.05) is 6.42 Å². The highest BCUT2D eigenvalue weighted by atomic mass is 32.1. The zero-order valence-corrected chi connectivity index (χ0v) is 5.40. The first kappa shape index (κ1) is 9.94. The molecule has 0 aliphatic carbocycles. The predicted molar refractivity (Wildman–Crippen MR) is 32.8 cm³/mol. The minimum atomic E-state index is -0.745. The van der Waals surface area contributed by atoms with Crippen LogP contribution < -0.4 is 0 Å². The number of thiol groups is 1. The Labute approximate surface area is 49.0 Å². The van der Waals surface area contributed by atoms with Gasteiger partial charge in [0.05, 0.1) is 0 Å². The molecule has 0 bridgehead atoms.